The van der Waals surface area contributed by atoms with Gasteiger partial charge in [-0.25, -0.2) is 4.98 Å². The fourth-order valence-corrected chi connectivity index (χ4v) is 2.78. The van der Waals surface area contributed by atoms with Gasteiger partial charge >= 0.3 is 0 Å². The minimum absolute atomic E-state index is 0.175. The van der Waals surface area contributed by atoms with Gasteiger partial charge in [-0.1, -0.05) is 13.3 Å². The van der Waals surface area contributed by atoms with E-state index in [0.29, 0.717) is 24.4 Å². The Bertz CT molecular complexity index is 1000. The smallest absolute Gasteiger partial charge is 0.222 e. The summed E-state index contributed by atoms with van der Waals surface area (Å²) in [4.78, 5) is 24.2. The molecule has 3 aromatic rings. The van der Waals surface area contributed by atoms with Crippen molar-refractivity contribution >= 4 is 22.5 Å². The Kier molecular flexibility index (Phi) is 4.84. The summed E-state index contributed by atoms with van der Waals surface area (Å²) in [7, 11) is 0. The van der Waals surface area contributed by atoms with E-state index in [0.717, 1.165) is 27.6 Å². The molecule has 1 atom stereocenters. The molecule has 0 bridgehead atoms. The van der Waals surface area contributed by atoms with Crippen LogP contribution in [0.4, 0.5) is 5.82 Å². The molecule has 6 nitrogen and oxygen atoms in total. The zero-order valence-corrected chi connectivity index (χ0v) is 15.1. The summed E-state index contributed by atoms with van der Waals surface area (Å²) in [5.74, 6) is 0.308. The molecule has 6 heteroatoms. The molecule has 0 unspecified atom stereocenters. The van der Waals surface area contributed by atoms with Gasteiger partial charge in [0.2, 0.25) is 5.91 Å². The third kappa shape index (κ3) is 3.86. The van der Waals surface area contributed by atoms with Crippen LogP contribution in [0.2, 0.25) is 0 Å². The molecule has 0 aromatic carbocycles. The number of hydrogen-bond donors (Lipinski definition) is 2. The third-order valence-electron chi connectivity index (χ3n) is 4.08. The van der Waals surface area contributed by atoms with Gasteiger partial charge in [0.25, 0.3) is 0 Å². The van der Waals surface area contributed by atoms with Gasteiger partial charge in [0.15, 0.2) is 0 Å². The summed E-state index contributed by atoms with van der Waals surface area (Å²) in [6.07, 6.45) is 4.40. The first-order valence-corrected chi connectivity index (χ1v) is 8.53. The maximum Gasteiger partial charge on any atom is 0.222 e. The van der Waals surface area contributed by atoms with Crippen LogP contribution < -0.4 is 5.32 Å². The highest BCUT2D eigenvalue weighted by Gasteiger charge is 2.12. The molecule has 0 saturated heterocycles. The van der Waals surface area contributed by atoms with Crippen molar-refractivity contribution in [1.82, 2.24) is 15.0 Å². The highest BCUT2D eigenvalue weighted by Crippen LogP contribution is 2.27. The van der Waals surface area contributed by atoms with E-state index in [9.17, 15) is 9.90 Å². The second kappa shape index (κ2) is 7.58. The highest BCUT2D eigenvalue weighted by atomic mass is 16.3. The standard InChI is InChI=1S/C20H22N4O2/c1-4-5-19(26)18-6-12(2)16(11-22-18)17-7-14-10-23-20(24-13(3)25)8-15(14)9-21-17/h6-11,19,26H,4-5H2,1-3H3,(H,23,24,25)/t19-/m0/s1/i19D. The summed E-state index contributed by atoms with van der Waals surface area (Å²) in [6.45, 7) is 5.27. The molecule has 0 aliphatic carbocycles. The second-order valence-electron chi connectivity index (χ2n) is 6.25. The molecule has 0 saturated carbocycles. The number of nitrogens with one attached hydrogen (secondary N) is 1. The number of hydrogen-bond acceptors (Lipinski definition) is 5. The molecular weight excluding hydrogens is 328 g/mol. The zero-order valence-electron chi connectivity index (χ0n) is 16.1. The SMILES string of the molecule is [2H][C@](O)(CCC)c1cc(C)c(-c2cc3cnc(NC(C)=O)cc3cn2)cn1. The largest absolute Gasteiger partial charge is 0.387 e. The van der Waals surface area contributed by atoms with Crippen LogP contribution in [0, 0.1) is 6.92 Å². The van der Waals surface area contributed by atoms with Gasteiger partial charge in [0.05, 0.1) is 18.8 Å². The average Bonchev–Trinajstić information content (AvgIpc) is 2.60. The van der Waals surface area contributed by atoms with E-state index in [4.69, 9.17) is 1.37 Å². The molecule has 1 amide bonds. The molecule has 0 spiro atoms. The number of pyridine rings is 3. The Morgan fingerprint density at radius 2 is 1.92 bits per heavy atom. The fourth-order valence-electron chi connectivity index (χ4n) is 2.78. The number of carbonyl (C=O) groups is 1. The molecular formula is C20H22N4O2. The van der Waals surface area contributed by atoms with Gasteiger partial charge in [-0.15, -0.1) is 0 Å². The van der Waals surface area contributed by atoms with Gasteiger partial charge < -0.3 is 10.4 Å². The van der Waals surface area contributed by atoms with Crippen LogP contribution in [0.15, 0.2) is 36.8 Å². The van der Waals surface area contributed by atoms with E-state index in [-0.39, 0.29) is 5.91 Å². The number of aliphatic hydroxyl groups is 1. The maximum atomic E-state index is 11.2. The van der Waals surface area contributed by atoms with E-state index in [1.807, 2.05) is 19.9 Å². The molecule has 2 N–H and O–H groups in total. The molecule has 0 radical (unpaired) electrons. The number of rotatable bonds is 5. The first-order valence-electron chi connectivity index (χ1n) is 9.03. The van der Waals surface area contributed by atoms with Gasteiger partial charge in [-0.3, -0.25) is 14.8 Å². The summed E-state index contributed by atoms with van der Waals surface area (Å²) in [6, 6.07) is 5.41. The summed E-state index contributed by atoms with van der Waals surface area (Å²) >= 11 is 0. The first-order chi connectivity index (χ1) is 12.8. The molecule has 3 rings (SSSR count). The number of aromatic nitrogens is 3. The van der Waals surface area contributed by atoms with Crippen LogP contribution in [0.5, 0.6) is 0 Å². The minimum Gasteiger partial charge on any atom is -0.387 e. The van der Waals surface area contributed by atoms with Crippen LogP contribution >= 0.6 is 0 Å². The Balaban J connectivity index is 1.96. The number of carbonyl (C=O) groups excluding carboxylic acids is 1. The lowest BCUT2D eigenvalue weighted by molar-refractivity contribution is -0.114. The van der Waals surface area contributed by atoms with Crippen molar-refractivity contribution in [3.63, 3.8) is 0 Å². The average molecular weight is 351 g/mol. The van der Waals surface area contributed by atoms with Crippen LogP contribution in [0.25, 0.3) is 22.0 Å². The molecule has 26 heavy (non-hydrogen) atoms. The third-order valence-corrected chi connectivity index (χ3v) is 4.08. The zero-order chi connectivity index (χ0) is 19.6. The van der Waals surface area contributed by atoms with E-state index >= 15 is 0 Å². The predicted octanol–water partition coefficient (Wildman–Crippen LogP) is 3.79. The minimum atomic E-state index is -1.68. The molecule has 0 fully saturated rings. The summed E-state index contributed by atoms with van der Waals surface area (Å²) in [5, 5.41) is 14.7. The lowest BCUT2D eigenvalue weighted by Crippen LogP contribution is -2.07. The topological polar surface area (TPSA) is 88.0 Å². The quantitative estimate of drug-likeness (QED) is 0.730. The van der Waals surface area contributed by atoms with Crippen molar-refractivity contribution in [3.05, 3.63) is 48.0 Å². The molecule has 3 heterocycles. The van der Waals surface area contributed by atoms with E-state index in [1.54, 1.807) is 30.7 Å². The van der Waals surface area contributed by atoms with Gasteiger partial charge in [-0.2, -0.15) is 0 Å². The Hall–Kier alpha value is -2.86. The second-order valence-corrected chi connectivity index (χ2v) is 6.25. The van der Waals surface area contributed by atoms with E-state index in [1.165, 1.54) is 6.92 Å². The lowest BCUT2D eigenvalue weighted by Gasteiger charge is -2.12. The number of anilines is 1. The Morgan fingerprint density at radius 3 is 2.62 bits per heavy atom. The van der Waals surface area contributed by atoms with Gasteiger partial charge in [-0.05, 0) is 37.1 Å². The molecule has 0 aliphatic rings. The van der Waals surface area contributed by atoms with Crippen LogP contribution in [-0.2, 0) is 4.79 Å². The summed E-state index contributed by atoms with van der Waals surface area (Å²) < 4.78 is 8.05. The van der Waals surface area contributed by atoms with Crippen LogP contribution in [0.1, 0.15) is 45.4 Å². The molecule has 134 valence electrons. The fraction of sp³-hybridized carbons (Fsp3) is 0.300. The summed E-state index contributed by atoms with van der Waals surface area (Å²) in [5.41, 5.74) is 2.79. The van der Waals surface area contributed by atoms with Crippen LogP contribution in [-0.4, -0.2) is 26.0 Å². The van der Waals surface area contributed by atoms with Crippen LogP contribution in [0.3, 0.4) is 0 Å². The van der Waals surface area contributed by atoms with E-state index < -0.39 is 6.08 Å². The highest BCUT2D eigenvalue weighted by molar-refractivity contribution is 5.92. The monoisotopic (exact) mass is 351 g/mol. The Labute approximate surface area is 153 Å². The lowest BCUT2D eigenvalue weighted by atomic mass is 10.0. The maximum absolute atomic E-state index is 11.2. The normalized spacial score (nSPS) is 13.9. The number of fused-ring (bicyclic) bond motifs is 1. The van der Waals surface area contributed by atoms with Crippen molar-refractivity contribution in [1.29, 1.82) is 0 Å². The molecule has 0 aliphatic heterocycles. The predicted molar refractivity (Wildman–Crippen MR) is 102 cm³/mol. The van der Waals surface area contributed by atoms with Crippen molar-refractivity contribution in [2.24, 2.45) is 0 Å². The van der Waals surface area contributed by atoms with Gasteiger partial charge in [0.1, 0.15) is 5.82 Å². The van der Waals surface area contributed by atoms with Crippen molar-refractivity contribution < 1.29 is 11.3 Å². The van der Waals surface area contributed by atoms with Crippen molar-refractivity contribution in [3.8, 4) is 11.3 Å². The number of nitrogens with zero attached hydrogens (tertiary/aromatic N) is 3. The van der Waals surface area contributed by atoms with Crippen molar-refractivity contribution in [2.75, 3.05) is 5.32 Å². The Morgan fingerprint density at radius 1 is 1.19 bits per heavy atom. The number of aryl methyl sites for hydroxylation is 1. The van der Waals surface area contributed by atoms with E-state index in [2.05, 4.69) is 20.3 Å². The number of amides is 1. The first kappa shape index (κ1) is 16.6. The van der Waals surface area contributed by atoms with Crippen molar-refractivity contribution in [2.45, 2.75) is 39.7 Å². The molecule has 3 aromatic heterocycles. The van der Waals surface area contributed by atoms with Gasteiger partial charge in [0, 0.05) is 41.9 Å².